The smallest absolute Gasteiger partial charge is 0.253 e. The lowest BCUT2D eigenvalue weighted by molar-refractivity contribution is 0.157. The van der Waals surface area contributed by atoms with Crippen LogP contribution in [0.1, 0.15) is 31.2 Å². The molecule has 1 saturated carbocycles. The van der Waals surface area contributed by atoms with Gasteiger partial charge in [-0.3, -0.25) is 14.7 Å². The minimum atomic E-state index is -0.216. The first-order chi connectivity index (χ1) is 14.1. The number of rotatable bonds is 7. The Morgan fingerprint density at radius 2 is 1.97 bits per heavy atom. The lowest BCUT2D eigenvalue weighted by Gasteiger charge is -2.40. The maximum absolute atomic E-state index is 11.8. The normalized spacial score (nSPS) is 19.4. The fraction of sp³-hybridized carbons (Fsp3) is 0.524. The number of hydrogen-bond acceptors (Lipinski definition) is 6. The van der Waals surface area contributed by atoms with Gasteiger partial charge in [0, 0.05) is 37.8 Å². The molecule has 1 aromatic heterocycles. The molecular formula is C21H27ClN4O3. The Balaban J connectivity index is 1.52. The van der Waals surface area contributed by atoms with Gasteiger partial charge in [0.05, 0.1) is 14.2 Å². The second kappa shape index (κ2) is 8.63. The van der Waals surface area contributed by atoms with Crippen molar-refractivity contribution in [2.45, 2.75) is 44.3 Å². The van der Waals surface area contributed by atoms with E-state index < -0.39 is 0 Å². The molecule has 0 spiro atoms. The van der Waals surface area contributed by atoms with Crippen LogP contribution in [0.2, 0.25) is 5.15 Å². The Morgan fingerprint density at radius 1 is 1.17 bits per heavy atom. The van der Waals surface area contributed by atoms with E-state index in [1.807, 2.05) is 6.07 Å². The zero-order valence-electron chi connectivity index (χ0n) is 16.9. The SMILES string of the molecule is COc1ccc(CN(C2CC2)[C@@H]2CCCN(c3nc(Cl)cc(=O)[nH]3)C2)cc1OC. The van der Waals surface area contributed by atoms with E-state index >= 15 is 0 Å². The van der Waals surface area contributed by atoms with Gasteiger partial charge in [-0.2, -0.15) is 0 Å². The summed E-state index contributed by atoms with van der Waals surface area (Å²) in [5, 5.41) is 0.232. The maximum atomic E-state index is 11.8. The van der Waals surface area contributed by atoms with Crippen LogP contribution in [0, 0.1) is 0 Å². The number of benzene rings is 1. The van der Waals surface area contributed by atoms with Crippen molar-refractivity contribution in [1.82, 2.24) is 14.9 Å². The van der Waals surface area contributed by atoms with E-state index in [1.165, 1.54) is 24.5 Å². The summed E-state index contributed by atoms with van der Waals surface area (Å²) in [5.41, 5.74) is 0.993. The molecule has 156 valence electrons. The number of methoxy groups -OCH3 is 2. The van der Waals surface area contributed by atoms with Gasteiger partial charge in [-0.15, -0.1) is 0 Å². The number of aromatic amines is 1. The largest absolute Gasteiger partial charge is 0.493 e. The lowest BCUT2D eigenvalue weighted by Crippen LogP contribution is -2.49. The average Bonchev–Trinajstić information content (AvgIpc) is 3.56. The van der Waals surface area contributed by atoms with Crippen molar-refractivity contribution in [3.05, 3.63) is 45.3 Å². The van der Waals surface area contributed by atoms with Crippen LogP contribution in [0.3, 0.4) is 0 Å². The Bertz CT molecular complexity index is 915. The summed E-state index contributed by atoms with van der Waals surface area (Å²) in [5.74, 6) is 2.06. The van der Waals surface area contributed by atoms with Gasteiger partial charge in [0.25, 0.3) is 5.56 Å². The minimum Gasteiger partial charge on any atom is -0.493 e. The van der Waals surface area contributed by atoms with E-state index in [9.17, 15) is 4.79 Å². The number of hydrogen-bond donors (Lipinski definition) is 1. The van der Waals surface area contributed by atoms with Crippen molar-refractivity contribution in [3.8, 4) is 11.5 Å². The van der Waals surface area contributed by atoms with Gasteiger partial charge in [-0.25, -0.2) is 4.98 Å². The zero-order chi connectivity index (χ0) is 20.4. The van der Waals surface area contributed by atoms with Crippen molar-refractivity contribution >= 4 is 17.5 Å². The Kier molecular flexibility index (Phi) is 5.96. The van der Waals surface area contributed by atoms with E-state index in [1.54, 1.807) is 14.2 Å². The molecule has 1 atom stereocenters. The number of nitrogens with one attached hydrogen (secondary N) is 1. The molecule has 1 N–H and O–H groups in total. The quantitative estimate of drug-likeness (QED) is 0.697. The molecule has 2 aromatic rings. The maximum Gasteiger partial charge on any atom is 0.253 e. The fourth-order valence-corrected chi connectivity index (χ4v) is 4.31. The molecule has 0 bridgehead atoms. The van der Waals surface area contributed by atoms with Crippen LogP contribution in [0.25, 0.3) is 0 Å². The lowest BCUT2D eigenvalue weighted by atomic mass is 10.0. The van der Waals surface area contributed by atoms with Crippen molar-refractivity contribution in [1.29, 1.82) is 0 Å². The monoisotopic (exact) mass is 418 g/mol. The summed E-state index contributed by atoms with van der Waals surface area (Å²) >= 11 is 6.00. The third-order valence-corrected chi connectivity index (χ3v) is 5.89. The number of halogens is 1. The number of anilines is 1. The van der Waals surface area contributed by atoms with E-state index in [-0.39, 0.29) is 10.7 Å². The summed E-state index contributed by atoms with van der Waals surface area (Å²) in [6.07, 6.45) is 4.65. The van der Waals surface area contributed by atoms with Crippen molar-refractivity contribution in [3.63, 3.8) is 0 Å². The van der Waals surface area contributed by atoms with Crippen LogP contribution in [0.4, 0.5) is 5.95 Å². The first kappa shape index (κ1) is 20.0. The third-order valence-electron chi connectivity index (χ3n) is 5.69. The third kappa shape index (κ3) is 4.67. The van der Waals surface area contributed by atoms with Gasteiger partial charge >= 0.3 is 0 Å². The Labute approximate surface area is 175 Å². The van der Waals surface area contributed by atoms with Gasteiger partial charge in [0.1, 0.15) is 5.15 Å². The molecule has 0 unspecified atom stereocenters. The van der Waals surface area contributed by atoms with E-state index in [0.717, 1.165) is 44.0 Å². The molecule has 1 aliphatic heterocycles. The molecule has 2 heterocycles. The van der Waals surface area contributed by atoms with Crippen LogP contribution < -0.4 is 19.9 Å². The van der Waals surface area contributed by atoms with Crippen LogP contribution in [-0.2, 0) is 6.54 Å². The van der Waals surface area contributed by atoms with E-state index in [0.29, 0.717) is 18.0 Å². The van der Waals surface area contributed by atoms with Crippen molar-refractivity contribution < 1.29 is 9.47 Å². The van der Waals surface area contributed by atoms with Crippen LogP contribution in [0.15, 0.2) is 29.1 Å². The number of aromatic nitrogens is 2. The van der Waals surface area contributed by atoms with Gasteiger partial charge in [0.15, 0.2) is 11.5 Å². The Hall–Kier alpha value is -2.25. The predicted octanol–water partition coefficient (Wildman–Crippen LogP) is 3.07. The van der Waals surface area contributed by atoms with Gasteiger partial charge in [0.2, 0.25) is 5.95 Å². The molecule has 2 aliphatic rings. The highest BCUT2D eigenvalue weighted by molar-refractivity contribution is 6.29. The molecule has 4 rings (SSSR count). The zero-order valence-corrected chi connectivity index (χ0v) is 17.6. The van der Waals surface area contributed by atoms with Crippen LogP contribution in [-0.4, -0.2) is 54.3 Å². The first-order valence-corrected chi connectivity index (χ1v) is 10.4. The molecule has 0 amide bonds. The minimum absolute atomic E-state index is 0.216. The second-order valence-electron chi connectivity index (χ2n) is 7.73. The molecular weight excluding hydrogens is 392 g/mol. The van der Waals surface area contributed by atoms with E-state index in [2.05, 4.69) is 31.9 Å². The summed E-state index contributed by atoms with van der Waals surface area (Å²) in [4.78, 5) is 23.7. The fourth-order valence-electron chi connectivity index (χ4n) is 4.14. The highest BCUT2D eigenvalue weighted by atomic mass is 35.5. The van der Waals surface area contributed by atoms with Crippen LogP contribution >= 0.6 is 11.6 Å². The number of ether oxygens (including phenoxy) is 2. The molecule has 0 radical (unpaired) electrons. The molecule has 2 fully saturated rings. The Morgan fingerprint density at radius 3 is 2.66 bits per heavy atom. The molecule has 8 heteroatoms. The van der Waals surface area contributed by atoms with E-state index in [4.69, 9.17) is 21.1 Å². The van der Waals surface area contributed by atoms with Crippen molar-refractivity contribution in [2.75, 3.05) is 32.2 Å². The van der Waals surface area contributed by atoms with Gasteiger partial charge in [-0.1, -0.05) is 17.7 Å². The van der Waals surface area contributed by atoms with Gasteiger partial charge in [-0.05, 0) is 43.4 Å². The summed E-state index contributed by atoms with van der Waals surface area (Å²) in [7, 11) is 3.32. The van der Waals surface area contributed by atoms with Crippen LogP contribution in [0.5, 0.6) is 11.5 Å². The highest BCUT2D eigenvalue weighted by Crippen LogP contribution is 2.35. The summed E-state index contributed by atoms with van der Waals surface area (Å²) in [6, 6.07) is 8.44. The first-order valence-electron chi connectivity index (χ1n) is 10.1. The topological polar surface area (TPSA) is 70.7 Å². The number of piperidine rings is 1. The molecule has 1 saturated heterocycles. The second-order valence-corrected chi connectivity index (χ2v) is 8.11. The standard InChI is InChI=1S/C21H27ClN4O3/c1-28-17-8-5-14(10-18(17)29-2)12-26(15-6-7-15)16-4-3-9-25(13-16)21-23-19(22)11-20(27)24-21/h5,8,10-11,15-16H,3-4,6-7,9,12-13H2,1-2H3,(H,23,24,27)/t16-/m1/s1. The summed E-state index contributed by atoms with van der Waals surface area (Å²) in [6.45, 7) is 2.56. The predicted molar refractivity (Wildman–Crippen MR) is 113 cm³/mol. The van der Waals surface area contributed by atoms with Crippen molar-refractivity contribution in [2.24, 2.45) is 0 Å². The molecule has 1 aliphatic carbocycles. The molecule has 1 aromatic carbocycles. The molecule has 7 nitrogen and oxygen atoms in total. The summed E-state index contributed by atoms with van der Waals surface area (Å²) < 4.78 is 10.8. The van der Waals surface area contributed by atoms with Gasteiger partial charge < -0.3 is 14.4 Å². The molecule has 29 heavy (non-hydrogen) atoms. The number of H-pyrrole nitrogens is 1. The average molecular weight is 419 g/mol. The highest BCUT2D eigenvalue weighted by Gasteiger charge is 2.36. The number of nitrogens with zero attached hydrogens (tertiary/aromatic N) is 3.